The summed E-state index contributed by atoms with van der Waals surface area (Å²) in [6, 6.07) is 10.5. The second-order valence-electron chi connectivity index (χ2n) is 3.58. The monoisotopic (exact) mass is 281 g/mol. The van der Waals surface area contributed by atoms with Gasteiger partial charge in [-0.25, -0.2) is 4.57 Å². The van der Waals surface area contributed by atoms with Crippen LogP contribution in [0.25, 0.3) is 0 Å². The minimum atomic E-state index is 0. The number of halogens is 1. The summed E-state index contributed by atoms with van der Waals surface area (Å²) < 4.78 is 4.06. The molecule has 0 fully saturated rings. The number of nitrogens with zero attached hydrogens (tertiary/aromatic N) is 3. The normalized spacial score (nSPS) is 9.81. The van der Waals surface area contributed by atoms with Gasteiger partial charge in [0, 0.05) is 11.5 Å². The molecule has 0 radical (unpaired) electrons. The first-order chi connectivity index (χ1) is 7.38. The highest BCUT2D eigenvalue weighted by Crippen LogP contribution is 1.98. The molecule has 0 saturated heterocycles. The molecule has 16 heavy (non-hydrogen) atoms. The van der Waals surface area contributed by atoms with Crippen LogP contribution in [0.5, 0.6) is 0 Å². The van der Waals surface area contributed by atoms with Gasteiger partial charge < -0.3 is 17.0 Å². The molecule has 0 bridgehead atoms. The number of benzene rings is 1. The number of hydrogen-bond acceptors (Lipinski definition) is 1. The fourth-order valence-electron chi connectivity index (χ4n) is 1.55. The van der Waals surface area contributed by atoms with Gasteiger partial charge in [0.15, 0.2) is 0 Å². The second-order valence-corrected chi connectivity index (χ2v) is 3.58. The summed E-state index contributed by atoms with van der Waals surface area (Å²) in [6.07, 6.45) is 4.98. The zero-order valence-corrected chi connectivity index (χ0v) is 11.0. The fraction of sp³-hybridized carbons (Fsp3) is 0.333. The maximum atomic E-state index is 4.23. The third-order valence-electron chi connectivity index (χ3n) is 2.46. The topological polar surface area (TPSA) is 21.7 Å². The van der Waals surface area contributed by atoms with Gasteiger partial charge in [0.1, 0.15) is 6.54 Å². The van der Waals surface area contributed by atoms with Gasteiger partial charge in [-0.2, -0.15) is 0 Å². The molecular weight excluding hydrogens is 266 g/mol. The number of aryl methyl sites for hydroxylation is 3. The van der Waals surface area contributed by atoms with E-state index in [4.69, 9.17) is 0 Å². The van der Waals surface area contributed by atoms with Crippen LogP contribution in [-0.2, 0) is 19.5 Å². The van der Waals surface area contributed by atoms with E-state index in [1.54, 1.807) is 0 Å². The highest BCUT2D eigenvalue weighted by molar-refractivity contribution is 5.14. The smallest absolute Gasteiger partial charge is 0.265 e. The van der Waals surface area contributed by atoms with E-state index in [1.165, 1.54) is 5.56 Å². The summed E-state index contributed by atoms with van der Waals surface area (Å²) in [4.78, 5) is 0. The number of rotatable bonds is 4. The Morgan fingerprint density at radius 3 is 2.62 bits per heavy atom. The van der Waals surface area contributed by atoms with Gasteiger partial charge in [-0.05, 0) is 12.5 Å². The summed E-state index contributed by atoms with van der Waals surface area (Å²) in [5.74, 6) is 0. The van der Waals surface area contributed by atoms with E-state index in [1.807, 2.05) is 23.4 Å². The zero-order valence-electron chi connectivity index (χ0n) is 9.38. The average Bonchev–Trinajstić information content (AvgIpc) is 2.76. The lowest BCUT2D eigenvalue weighted by molar-refractivity contribution is -0.697. The molecule has 2 rings (SSSR count). The van der Waals surface area contributed by atoms with Crippen molar-refractivity contribution in [2.24, 2.45) is 0 Å². The molecule has 0 aliphatic heterocycles. The lowest BCUT2D eigenvalue weighted by atomic mass is 10.1. The van der Waals surface area contributed by atoms with Gasteiger partial charge in [0.25, 0.3) is 6.33 Å². The van der Waals surface area contributed by atoms with Crippen LogP contribution < -0.4 is 21.5 Å². The predicted molar refractivity (Wildman–Crippen MR) is 58.2 cm³/mol. The van der Waals surface area contributed by atoms with Crippen molar-refractivity contribution in [1.82, 2.24) is 9.78 Å². The van der Waals surface area contributed by atoms with Crippen LogP contribution in [0.15, 0.2) is 43.0 Å². The molecule has 0 N–H and O–H groups in total. The number of hydrogen-bond donors (Lipinski definition) is 0. The van der Waals surface area contributed by atoms with E-state index in [0.717, 1.165) is 19.5 Å². The van der Waals surface area contributed by atoms with Gasteiger partial charge >= 0.3 is 0 Å². The molecule has 0 saturated carbocycles. The Kier molecular flexibility index (Phi) is 5.19. The van der Waals surface area contributed by atoms with Crippen molar-refractivity contribution in [1.29, 1.82) is 0 Å². The fourth-order valence-corrected chi connectivity index (χ4v) is 1.55. The molecule has 1 aromatic carbocycles. The van der Waals surface area contributed by atoms with Crippen molar-refractivity contribution >= 4 is 0 Å². The Labute approximate surface area is 106 Å². The van der Waals surface area contributed by atoms with E-state index >= 15 is 0 Å². The van der Waals surface area contributed by atoms with Crippen molar-refractivity contribution in [2.75, 3.05) is 0 Å². The first kappa shape index (κ1) is 12.9. The molecular formula is C12H16BrN3. The van der Waals surface area contributed by atoms with Crippen molar-refractivity contribution in [3.8, 4) is 0 Å². The van der Waals surface area contributed by atoms with Crippen LogP contribution in [0.3, 0.4) is 0 Å². The molecule has 1 aromatic heterocycles. The first-order valence-electron chi connectivity index (χ1n) is 5.34. The Balaban J connectivity index is 0.00000128. The van der Waals surface area contributed by atoms with Crippen LogP contribution in [0, 0.1) is 0 Å². The molecule has 0 amide bonds. The molecule has 0 aliphatic carbocycles. The molecule has 4 heteroatoms. The van der Waals surface area contributed by atoms with E-state index in [9.17, 15) is 0 Å². The summed E-state index contributed by atoms with van der Waals surface area (Å²) in [5, 5.41) is 4.23. The molecule has 1 heterocycles. The van der Waals surface area contributed by atoms with Gasteiger partial charge in [-0.3, -0.25) is 0 Å². The predicted octanol–water partition coefficient (Wildman–Crippen LogP) is -1.56. The lowest BCUT2D eigenvalue weighted by Crippen LogP contribution is -3.00. The van der Waals surface area contributed by atoms with Crippen molar-refractivity contribution in [2.45, 2.75) is 26.4 Å². The quantitative estimate of drug-likeness (QED) is 0.622. The molecule has 0 aliphatic rings. The zero-order chi connectivity index (χ0) is 10.5. The molecule has 0 spiro atoms. The van der Waals surface area contributed by atoms with Crippen LogP contribution in [-0.4, -0.2) is 9.78 Å². The average molecular weight is 282 g/mol. The summed E-state index contributed by atoms with van der Waals surface area (Å²) in [5.41, 5.74) is 1.37. The molecule has 2 aromatic rings. The summed E-state index contributed by atoms with van der Waals surface area (Å²) >= 11 is 0. The Morgan fingerprint density at radius 2 is 2.00 bits per heavy atom. The van der Waals surface area contributed by atoms with Gasteiger partial charge in [0.05, 0.1) is 6.54 Å². The van der Waals surface area contributed by atoms with Crippen LogP contribution >= 0.6 is 0 Å². The van der Waals surface area contributed by atoms with Crippen molar-refractivity contribution in [3.63, 3.8) is 0 Å². The lowest BCUT2D eigenvalue weighted by Gasteiger charge is -1.97. The van der Waals surface area contributed by atoms with Crippen molar-refractivity contribution in [3.05, 3.63) is 48.5 Å². The molecule has 0 unspecified atom stereocenters. The number of aromatic nitrogens is 3. The van der Waals surface area contributed by atoms with Gasteiger partial charge in [0.2, 0.25) is 6.33 Å². The van der Waals surface area contributed by atoms with E-state index in [-0.39, 0.29) is 17.0 Å². The highest BCUT2D eigenvalue weighted by Gasteiger charge is 2.02. The first-order valence-corrected chi connectivity index (χ1v) is 5.34. The third-order valence-corrected chi connectivity index (χ3v) is 2.46. The van der Waals surface area contributed by atoms with E-state index in [0.29, 0.717) is 0 Å². The third kappa shape index (κ3) is 3.45. The minimum Gasteiger partial charge on any atom is -1.00 e. The van der Waals surface area contributed by atoms with Crippen molar-refractivity contribution < 1.29 is 21.5 Å². The van der Waals surface area contributed by atoms with Crippen LogP contribution in [0.2, 0.25) is 0 Å². The highest BCUT2D eigenvalue weighted by atomic mass is 79.9. The van der Waals surface area contributed by atoms with Crippen LogP contribution in [0.1, 0.15) is 12.5 Å². The molecule has 0 atom stereocenters. The summed E-state index contributed by atoms with van der Waals surface area (Å²) in [7, 11) is 0. The Hall–Kier alpha value is -1.16. The SMILES string of the molecule is CCn1c[n+](CCc2ccccc2)cn1.[Br-]. The Morgan fingerprint density at radius 1 is 1.25 bits per heavy atom. The maximum absolute atomic E-state index is 4.23. The second kappa shape index (κ2) is 6.43. The Bertz CT molecular complexity index is 411. The van der Waals surface area contributed by atoms with E-state index in [2.05, 4.69) is 40.9 Å². The van der Waals surface area contributed by atoms with Gasteiger partial charge in [-0.1, -0.05) is 30.3 Å². The molecule has 3 nitrogen and oxygen atoms in total. The maximum Gasteiger partial charge on any atom is 0.265 e. The minimum absolute atomic E-state index is 0. The van der Waals surface area contributed by atoms with Crippen LogP contribution in [0.4, 0.5) is 0 Å². The van der Waals surface area contributed by atoms with Gasteiger partial charge in [-0.15, -0.1) is 4.68 Å². The standard InChI is InChI=1S/C12H16N3.BrH/c1-2-15-11-14(10-13-15)9-8-12-6-4-3-5-7-12;/h3-7,10-11H,2,8-9H2,1H3;1H/q+1;/p-1. The largest absolute Gasteiger partial charge is 1.00 e. The van der Waals surface area contributed by atoms with E-state index < -0.39 is 0 Å². The molecule has 86 valence electrons. The summed E-state index contributed by atoms with van der Waals surface area (Å²) in [6.45, 7) is 4.01.